The van der Waals surface area contributed by atoms with E-state index in [4.69, 9.17) is 11.6 Å². The molecule has 108 valence electrons. The minimum Gasteiger partial charge on any atom is -0.376 e. The van der Waals surface area contributed by atoms with Gasteiger partial charge in [0, 0.05) is 28.7 Å². The molecule has 0 aliphatic carbocycles. The first-order chi connectivity index (χ1) is 10.1. The second-order valence-electron chi connectivity index (χ2n) is 4.39. The Bertz CT molecular complexity index is 643. The van der Waals surface area contributed by atoms with Crippen LogP contribution in [0.25, 0.3) is 0 Å². The number of halogens is 1. The number of amides is 1. The Morgan fingerprint density at radius 2 is 2.29 bits per heavy atom. The monoisotopic (exact) mass is 302 g/mol. The zero-order chi connectivity index (χ0) is 15.1. The van der Waals surface area contributed by atoms with E-state index in [0.29, 0.717) is 5.02 Å². The summed E-state index contributed by atoms with van der Waals surface area (Å²) in [7, 11) is 0. The maximum atomic E-state index is 11.7. The van der Waals surface area contributed by atoms with Crippen LogP contribution in [0, 0.1) is 6.92 Å². The smallest absolute Gasteiger partial charge is 0.259 e. The Balaban J connectivity index is 1.81. The van der Waals surface area contributed by atoms with Crippen LogP contribution in [0.5, 0.6) is 0 Å². The van der Waals surface area contributed by atoms with E-state index in [1.165, 1.54) is 0 Å². The predicted octanol–water partition coefficient (Wildman–Crippen LogP) is 2.61. The molecule has 0 radical (unpaired) electrons. The van der Waals surface area contributed by atoms with Crippen molar-refractivity contribution in [3.8, 4) is 0 Å². The third-order valence-corrected chi connectivity index (χ3v) is 2.95. The fourth-order valence-electron chi connectivity index (χ4n) is 1.67. The molecule has 1 aromatic heterocycles. The van der Waals surface area contributed by atoms with Crippen molar-refractivity contribution in [1.82, 2.24) is 10.4 Å². The lowest BCUT2D eigenvalue weighted by atomic mass is 10.2. The molecule has 2 rings (SSSR count). The molecule has 0 saturated heterocycles. The predicted molar refractivity (Wildman–Crippen MR) is 84.7 cm³/mol. The third-order valence-electron chi connectivity index (χ3n) is 2.72. The minimum absolute atomic E-state index is 0.132. The third kappa shape index (κ3) is 4.89. The highest BCUT2D eigenvalue weighted by Crippen LogP contribution is 2.19. The van der Waals surface area contributed by atoms with Gasteiger partial charge in [-0.25, -0.2) is 5.43 Å². The number of hydrazone groups is 1. The summed E-state index contributed by atoms with van der Waals surface area (Å²) in [6.45, 7) is 2.06. The number of carbonyl (C=O) groups is 1. The Morgan fingerprint density at radius 3 is 3.00 bits per heavy atom. The summed E-state index contributed by atoms with van der Waals surface area (Å²) in [5, 5.41) is 7.57. The molecule has 1 aromatic carbocycles. The number of pyridine rings is 1. The molecule has 2 aromatic rings. The van der Waals surface area contributed by atoms with Gasteiger partial charge in [0.05, 0.1) is 12.8 Å². The number of nitrogens with zero attached hydrogens (tertiary/aromatic N) is 2. The molecule has 6 heteroatoms. The Morgan fingerprint density at radius 1 is 1.43 bits per heavy atom. The average molecular weight is 303 g/mol. The van der Waals surface area contributed by atoms with Gasteiger partial charge in [0.1, 0.15) is 0 Å². The van der Waals surface area contributed by atoms with E-state index in [9.17, 15) is 4.79 Å². The molecule has 1 heterocycles. The molecule has 0 fully saturated rings. The van der Waals surface area contributed by atoms with Gasteiger partial charge in [0.2, 0.25) is 0 Å². The fourth-order valence-corrected chi connectivity index (χ4v) is 1.90. The number of aryl methyl sites for hydroxylation is 1. The average Bonchev–Trinajstić information content (AvgIpc) is 2.47. The molecule has 0 saturated carbocycles. The molecule has 1 amide bonds. The van der Waals surface area contributed by atoms with Crippen LogP contribution < -0.4 is 10.7 Å². The number of hydrogen-bond acceptors (Lipinski definition) is 4. The van der Waals surface area contributed by atoms with Gasteiger partial charge in [0.25, 0.3) is 5.91 Å². The van der Waals surface area contributed by atoms with Gasteiger partial charge in [-0.05, 0) is 36.8 Å². The number of carbonyl (C=O) groups excluding carboxylic acids is 1. The highest BCUT2D eigenvalue weighted by atomic mass is 35.5. The number of hydrogen-bond donors (Lipinski definition) is 2. The van der Waals surface area contributed by atoms with Crippen molar-refractivity contribution in [2.45, 2.75) is 6.92 Å². The lowest BCUT2D eigenvalue weighted by Crippen LogP contribution is -2.26. The van der Waals surface area contributed by atoms with Crippen LogP contribution >= 0.6 is 11.6 Å². The second kappa shape index (κ2) is 7.40. The molecule has 0 spiro atoms. The van der Waals surface area contributed by atoms with E-state index in [2.05, 4.69) is 20.8 Å². The lowest BCUT2D eigenvalue weighted by molar-refractivity contribution is -0.119. The van der Waals surface area contributed by atoms with Crippen molar-refractivity contribution in [1.29, 1.82) is 0 Å². The maximum Gasteiger partial charge on any atom is 0.259 e. The first-order valence-corrected chi connectivity index (χ1v) is 6.75. The zero-order valence-electron chi connectivity index (χ0n) is 11.5. The number of nitrogens with one attached hydrogen (secondary N) is 2. The van der Waals surface area contributed by atoms with Crippen molar-refractivity contribution in [2.75, 3.05) is 11.9 Å². The van der Waals surface area contributed by atoms with Gasteiger partial charge in [-0.2, -0.15) is 5.10 Å². The topological polar surface area (TPSA) is 66.4 Å². The van der Waals surface area contributed by atoms with Crippen molar-refractivity contribution < 1.29 is 4.79 Å². The van der Waals surface area contributed by atoms with Gasteiger partial charge in [0.15, 0.2) is 0 Å². The number of benzene rings is 1. The molecule has 21 heavy (non-hydrogen) atoms. The van der Waals surface area contributed by atoms with Gasteiger partial charge < -0.3 is 5.32 Å². The van der Waals surface area contributed by atoms with Crippen LogP contribution in [0.2, 0.25) is 5.02 Å². The SMILES string of the molecule is Cc1cc(Cl)ccc1NCC(=O)N/N=C\c1cccnc1. The first kappa shape index (κ1) is 15.0. The molecule has 0 aliphatic heterocycles. The van der Waals surface area contributed by atoms with Gasteiger partial charge in [-0.1, -0.05) is 17.7 Å². The summed E-state index contributed by atoms with van der Waals surface area (Å²) in [5.41, 5.74) is 5.11. The Hall–Kier alpha value is -2.40. The summed E-state index contributed by atoms with van der Waals surface area (Å²) in [6, 6.07) is 9.09. The molecule has 5 nitrogen and oxygen atoms in total. The summed E-state index contributed by atoms with van der Waals surface area (Å²) < 4.78 is 0. The second-order valence-corrected chi connectivity index (χ2v) is 4.83. The highest BCUT2D eigenvalue weighted by molar-refractivity contribution is 6.30. The molecule has 0 atom stereocenters. The fraction of sp³-hybridized carbons (Fsp3) is 0.133. The van der Waals surface area contributed by atoms with Crippen molar-refractivity contribution in [2.24, 2.45) is 5.10 Å². The van der Waals surface area contributed by atoms with Crippen molar-refractivity contribution in [3.63, 3.8) is 0 Å². The molecular weight excluding hydrogens is 288 g/mol. The van der Waals surface area contributed by atoms with E-state index < -0.39 is 0 Å². The Labute approximate surface area is 128 Å². The molecule has 0 bridgehead atoms. The van der Waals surface area contributed by atoms with Gasteiger partial charge in [-0.15, -0.1) is 0 Å². The first-order valence-electron chi connectivity index (χ1n) is 6.37. The van der Waals surface area contributed by atoms with Gasteiger partial charge in [-0.3, -0.25) is 9.78 Å². The number of aromatic nitrogens is 1. The van der Waals surface area contributed by atoms with Crippen LogP contribution in [-0.2, 0) is 4.79 Å². The van der Waals surface area contributed by atoms with Crippen LogP contribution in [0.3, 0.4) is 0 Å². The largest absolute Gasteiger partial charge is 0.376 e. The number of rotatable bonds is 5. The standard InChI is InChI=1S/C15H15ClN4O/c1-11-7-13(16)4-5-14(11)18-10-15(21)20-19-9-12-3-2-6-17-8-12/h2-9,18H,10H2,1H3,(H,20,21)/b19-9-. The van der Waals surface area contributed by atoms with Crippen LogP contribution in [0.4, 0.5) is 5.69 Å². The molecular formula is C15H15ClN4O. The summed E-state index contributed by atoms with van der Waals surface area (Å²) >= 11 is 5.88. The van der Waals surface area contributed by atoms with Crippen LogP contribution in [0.15, 0.2) is 47.8 Å². The van der Waals surface area contributed by atoms with E-state index in [-0.39, 0.29) is 12.5 Å². The van der Waals surface area contributed by atoms with E-state index in [1.807, 2.05) is 25.1 Å². The van der Waals surface area contributed by atoms with Gasteiger partial charge >= 0.3 is 0 Å². The normalized spacial score (nSPS) is 10.6. The van der Waals surface area contributed by atoms with Crippen LogP contribution in [-0.4, -0.2) is 23.7 Å². The van der Waals surface area contributed by atoms with Crippen LogP contribution in [0.1, 0.15) is 11.1 Å². The lowest BCUT2D eigenvalue weighted by Gasteiger charge is -2.08. The highest BCUT2D eigenvalue weighted by Gasteiger charge is 2.02. The quantitative estimate of drug-likeness (QED) is 0.659. The number of anilines is 1. The van der Waals surface area contributed by atoms with E-state index in [0.717, 1.165) is 16.8 Å². The molecule has 0 unspecified atom stereocenters. The Kier molecular flexibility index (Phi) is 5.29. The minimum atomic E-state index is -0.232. The molecule has 0 aliphatic rings. The van der Waals surface area contributed by atoms with E-state index in [1.54, 1.807) is 30.7 Å². The van der Waals surface area contributed by atoms with Crippen molar-refractivity contribution in [3.05, 3.63) is 58.9 Å². The van der Waals surface area contributed by atoms with Crippen molar-refractivity contribution >= 4 is 29.4 Å². The summed E-state index contributed by atoms with van der Waals surface area (Å²) in [5.74, 6) is -0.232. The van der Waals surface area contributed by atoms with E-state index >= 15 is 0 Å². The zero-order valence-corrected chi connectivity index (χ0v) is 12.3. The summed E-state index contributed by atoms with van der Waals surface area (Å²) in [6.07, 6.45) is 4.87. The maximum absolute atomic E-state index is 11.7. The molecule has 2 N–H and O–H groups in total. The summed E-state index contributed by atoms with van der Waals surface area (Å²) in [4.78, 5) is 15.6.